The van der Waals surface area contributed by atoms with Gasteiger partial charge < -0.3 is 0 Å². The van der Waals surface area contributed by atoms with Crippen molar-refractivity contribution in [3.05, 3.63) is 50.2 Å². The molecule has 136 valence electrons. The molecule has 1 aromatic carbocycles. The van der Waals surface area contributed by atoms with Crippen LogP contribution in [-0.4, -0.2) is 30.7 Å². The van der Waals surface area contributed by atoms with Gasteiger partial charge in [-0.25, -0.2) is 18.4 Å². The minimum absolute atomic E-state index is 0.125. The van der Waals surface area contributed by atoms with Crippen molar-refractivity contribution in [2.24, 2.45) is 0 Å². The van der Waals surface area contributed by atoms with Gasteiger partial charge in [0.1, 0.15) is 5.01 Å². The van der Waals surface area contributed by atoms with Crippen molar-refractivity contribution in [3.8, 4) is 11.3 Å². The third-order valence-electron chi connectivity index (χ3n) is 4.45. The van der Waals surface area contributed by atoms with Crippen LogP contribution in [-0.2, 0) is 22.9 Å². The summed E-state index contributed by atoms with van der Waals surface area (Å²) in [6.45, 7) is 4.21. The van der Waals surface area contributed by atoms with Gasteiger partial charge in [0.2, 0.25) is 10.0 Å². The highest BCUT2D eigenvalue weighted by Crippen LogP contribution is 2.34. The Morgan fingerprint density at radius 1 is 1.15 bits per heavy atom. The van der Waals surface area contributed by atoms with Gasteiger partial charge in [-0.1, -0.05) is 6.07 Å². The molecule has 0 N–H and O–H groups in total. The standard InChI is InChI=1S/C18H19N3O2S3/c1-3-26(22,23)21-7-6-14-8-13(4-5-16(14)21)15-11-25-18(20-15)9-17-19-12(2)10-24-17/h4-5,8,10-11H,3,6-7,9H2,1-2H3. The highest BCUT2D eigenvalue weighted by atomic mass is 32.2. The molecule has 0 spiro atoms. The number of aryl methyl sites for hydroxylation is 1. The Morgan fingerprint density at radius 3 is 2.65 bits per heavy atom. The fourth-order valence-corrected chi connectivity index (χ4v) is 5.95. The Hall–Kier alpha value is -1.77. The first-order chi connectivity index (χ1) is 12.5. The topological polar surface area (TPSA) is 63.2 Å². The van der Waals surface area contributed by atoms with Crippen LogP contribution in [0.15, 0.2) is 29.0 Å². The molecule has 4 rings (SSSR count). The number of hydrogen-bond donors (Lipinski definition) is 0. The Balaban J connectivity index is 1.58. The van der Waals surface area contributed by atoms with E-state index in [0.717, 1.165) is 51.1 Å². The third-order valence-corrected chi connectivity index (χ3v) is 8.05. The first-order valence-corrected chi connectivity index (χ1v) is 11.8. The zero-order chi connectivity index (χ0) is 18.3. The number of rotatable bonds is 5. The number of sulfonamides is 1. The van der Waals surface area contributed by atoms with Gasteiger partial charge >= 0.3 is 0 Å². The van der Waals surface area contributed by atoms with Crippen LogP contribution in [0.2, 0.25) is 0 Å². The lowest BCUT2D eigenvalue weighted by molar-refractivity contribution is 0.593. The van der Waals surface area contributed by atoms with Crippen molar-refractivity contribution >= 4 is 38.4 Å². The zero-order valence-corrected chi connectivity index (χ0v) is 17.0. The number of thiazole rings is 2. The normalized spacial score (nSPS) is 14.0. The SMILES string of the molecule is CCS(=O)(=O)N1CCc2cc(-c3csc(Cc4nc(C)cs4)n3)ccc21. The van der Waals surface area contributed by atoms with E-state index in [0.29, 0.717) is 6.54 Å². The Kier molecular flexibility index (Phi) is 4.58. The number of hydrogen-bond acceptors (Lipinski definition) is 6. The summed E-state index contributed by atoms with van der Waals surface area (Å²) in [5.74, 6) is 0.125. The molecule has 0 atom stereocenters. The molecule has 3 heterocycles. The van der Waals surface area contributed by atoms with Crippen LogP contribution in [0.25, 0.3) is 11.3 Å². The van der Waals surface area contributed by atoms with E-state index in [1.807, 2.05) is 19.1 Å². The molecule has 2 aromatic heterocycles. The summed E-state index contributed by atoms with van der Waals surface area (Å²) in [6.07, 6.45) is 1.51. The van der Waals surface area contributed by atoms with Gasteiger partial charge in [0.25, 0.3) is 0 Å². The predicted octanol–water partition coefficient (Wildman–Crippen LogP) is 3.88. The van der Waals surface area contributed by atoms with Gasteiger partial charge in [-0.15, -0.1) is 22.7 Å². The average Bonchev–Trinajstić information content (AvgIpc) is 3.34. The first kappa shape index (κ1) is 17.6. The lowest BCUT2D eigenvalue weighted by Crippen LogP contribution is -2.30. The Morgan fingerprint density at radius 2 is 1.92 bits per heavy atom. The van der Waals surface area contributed by atoms with E-state index in [1.165, 1.54) is 4.31 Å². The maximum atomic E-state index is 12.2. The molecule has 0 fully saturated rings. The molecule has 1 aliphatic heterocycles. The number of fused-ring (bicyclic) bond motifs is 1. The van der Waals surface area contributed by atoms with E-state index in [9.17, 15) is 8.42 Å². The Bertz CT molecular complexity index is 1050. The van der Waals surface area contributed by atoms with E-state index in [-0.39, 0.29) is 5.75 Å². The second-order valence-electron chi connectivity index (χ2n) is 6.25. The molecule has 0 bridgehead atoms. The second-order valence-corrected chi connectivity index (χ2v) is 10.3. The van der Waals surface area contributed by atoms with Crippen LogP contribution in [0.1, 0.15) is 28.2 Å². The number of nitrogens with zero attached hydrogens (tertiary/aromatic N) is 3. The molecule has 8 heteroatoms. The maximum absolute atomic E-state index is 12.2. The predicted molar refractivity (Wildman–Crippen MR) is 108 cm³/mol. The summed E-state index contributed by atoms with van der Waals surface area (Å²) in [5.41, 5.74) is 4.91. The van der Waals surface area contributed by atoms with Gasteiger partial charge in [-0.3, -0.25) is 4.31 Å². The minimum Gasteiger partial charge on any atom is -0.270 e. The highest BCUT2D eigenvalue weighted by Gasteiger charge is 2.28. The monoisotopic (exact) mass is 405 g/mol. The first-order valence-electron chi connectivity index (χ1n) is 8.45. The van der Waals surface area contributed by atoms with Crippen molar-refractivity contribution in [1.82, 2.24) is 9.97 Å². The van der Waals surface area contributed by atoms with E-state index < -0.39 is 10.0 Å². The summed E-state index contributed by atoms with van der Waals surface area (Å²) < 4.78 is 25.9. The summed E-state index contributed by atoms with van der Waals surface area (Å²) in [6, 6.07) is 5.95. The molecule has 5 nitrogen and oxygen atoms in total. The van der Waals surface area contributed by atoms with Crippen LogP contribution in [0, 0.1) is 6.92 Å². The fourth-order valence-electron chi connectivity index (χ4n) is 3.11. The summed E-state index contributed by atoms with van der Waals surface area (Å²) in [7, 11) is -3.20. The van der Waals surface area contributed by atoms with Crippen LogP contribution < -0.4 is 4.31 Å². The molecule has 0 amide bonds. The van der Waals surface area contributed by atoms with Gasteiger partial charge in [0.05, 0.1) is 28.6 Å². The third kappa shape index (κ3) is 3.28. The van der Waals surface area contributed by atoms with Gasteiger partial charge in [-0.05, 0) is 38.0 Å². The lowest BCUT2D eigenvalue weighted by atomic mass is 10.1. The fraction of sp³-hybridized carbons (Fsp3) is 0.333. The molecule has 3 aromatic rings. The molecular weight excluding hydrogens is 386 g/mol. The summed E-state index contributed by atoms with van der Waals surface area (Å²) in [5, 5.41) is 6.25. The molecule has 0 saturated carbocycles. The number of benzene rings is 1. The molecule has 0 radical (unpaired) electrons. The van der Waals surface area contributed by atoms with E-state index >= 15 is 0 Å². The van der Waals surface area contributed by atoms with Crippen LogP contribution >= 0.6 is 22.7 Å². The molecule has 0 saturated heterocycles. The van der Waals surface area contributed by atoms with E-state index in [1.54, 1.807) is 29.6 Å². The van der Waals surface area contributed by atoms with Crippen LogP contribution in [0.5, 0.6) is 0 Å². The molecule has 0 unspecified atom stereocenters. The number of aromatic nitrogens is 2. The van der Waals surface area contributed by atoms with Crippen molar-refractivity contribution in [1.29, 1.82) is 0 Å². The lowest BCUT2D eigenvalue weighted by Gasteiger charge is -2.18. The van der Waals surface area contributed by atoms with E-state index in [4.69, 9.17) is 4.98 Å². The average molecular weight is 406 g/mol. The smallest absolute Gasteiger partial charge is 0.234 e. The van der Waals surface area contributed by atoms with Crippen molar-refractivity contribution in [3.63, 3.8) is 0 Å². The van der Waals surface area contributed by atoms with Crippen molar-refractivity contribution in [2.75, 3.05) is 16.6 Å². The summed E-state index contributed by atoms with van der Waals surface area (Å²) >= 11 is 3.30. The largest absolute Gasteiger partial charge is 0.270 e. The van der Waals surface area contributed by atoms with Gasteiger partial charge in [-0.2, -0.15) is 0 Å². The quantitative estimate of drug-likeness (QED) is 0.646. The number of anilines is 1. The summed E-state index contributed by atoms with van der Waals surface area (Å²) in [4.78, 5) is 9.25. The second kappa shape index (κ2) is 6.75. The Labute approximate surface area is 161 Å². The molecular formula is C18H19N3O2S3. The minimum atomic E-state index is -3.20. The van der Waals surface area contributed by atoms with Crippen LogP contribution in [0.3, 0.4) is 0 Å². The zero-order valence-electron chi connectivity index (χ0n) is 14.6. The van der Waals surface area contributed by atoms with Gasteiger partial charge in [0, 0.05) is 28.6 Å². The highest BCUT2D eigenvalue weighted by molar-refractivity contribution is 7.92. The van der Waals surface area contributed by atoms with E-state index in [2.05, 4.69) is 21.8 Å². The van der Waals surface area contributed by atoms with Crippen molar-refractivity contribution in [2.45, 2.75) is 26.7 Å². The van der Waals surface area contributed by atoms with Gasteiger partial charge in [0.15, 0.2) is 0 Å². The molecule has 1 aliphatic rings. The van der Waals surface area contributed by atoms with Crippen molar-refractivity contribution < 1.29 is 8.42 Å². The maximum Gasteiger partial charge on any atom is 0.234 e. The molecule has 0 aliphatic carbocycles. The van der Waals surface area contributed by atoms with Crippen LogP contribution in [0.4, 0.5) is 5.69 Å². The molecule has 26 heavy (non-hydrogen) atoms.